The standard InChI is InChI=1S/C39H35N3/c1-3-5-6-7-8-16-36(41)30-20-21-33-29(24-30)19-23-35-34-22-18-28(31(26-40)12-4-2)25-38(34)42(39(33)35)37-17-11-14-27-13-9-10-15-32(27)37/h3-5,7-26H,6,40-41H2,1-2H3/b5-3+,8-7-,12-4-,31-26+,36-16-. The maximum absolute atomic E-state index is 6.51. The van der Waals surface area contributed by atoms with Crippen LogP contribution in [0.5, 0.6) is 0 Å². The van der Waals surface area contributed by atoms with E-state index in [4.69, 9.17) is 11.5 Å². The number of allylic oxidation sites excluding steroid dienone is 8. The summed E-state index contributed by atoms with van der Waals surface area (Å²) in [7, 11) is 0. The third-order valence-corrected chi connectivity index (χ3v) is 7.86. The zero-order valence-electron chi connectivity index (χ0n) is 24.1. The molecule has 4 N–H and O–H groups in total. The Morgan fingerprint density at radius 2 is 1.50 bits per heavy atom. The molecule has 0 aliphatic rings. The first-order valence-electron chi connectivity index (χ1n) is 14.4. The summed E-state index contributed by atoms with van der Waals surface area (Å²) in [6.07, 6.45) is 16.9. The average Bonchev–Trinajstić information content (AvgIpc) is 3.36. The van der Waals surface area contributed by atoms with E-state index in [1.54, 1.807) is 6.20 Å². The van der Waals surface area contributed by atoms with Crippen molar-refractivity contribution in [1.82, 2.24) is 4.57 Å². The van der Waals surface area contributed by atoms with Crippen molar-refractivity contribution in [3.63, 3.8) is 0 Å². The molecule has 3 nitrogen and oxygen atoms in total. The van der Waals surface area contributed by atoms with E-state index in [0.717, 1.165) is 45.4 Å². The van der Waals surface area contributed by atoms with Crippen LogP contribution in [0.2, 0.25) is 0 Å². The van der Waals surface area contributed by atoms with Gasteiger partial charge < -0.3 is 16.0 Å². The van der Waals surface area contributed by atoms with E-state index in [1.807, 2.05) is 32.1 Å². The van der Waals surface area contributed by atoms with Crippen LogP contribution in [0.25, 0.3) is 60.3 Å². The molecule has 0 amide bonds. The normalized spacial score (nSPS) is 13.3. The van der Waals surface area contributed by atoms with Crippen LogP contribution < -0.4 is 11.5 Å². The lowest BCUT2D eigenvalue weighted by Crippen LogP contribution is -1.98. The Labute approximate surface area is 247 Å². The van der Waals surface area contributed by atoms with Gasteiger partial charge in [0.1, 0.15) is 0 Å². The van der Waals surface area contributed by atoms with Crippen LogP contribution in [0.15, 0.2) is 140 Å². The molecular weight excluding hydrogens is 510 g/mol. The summed E-state index contributed by atoms with van der Waals surface area (Å²) in [5, 5.41) is 7.16. The van der Waals surface area contributed by atoms with Gasteiger partial charge in [-0.1, -0.05) is 109 Å². The first kappa shape index (κ1) is 26.9. The minimum atomic E-state index is 0.748. The molecule has 206 valence electrons. The molecule has 5 aromatic carbocycles. The predicted octanol–water partition coefficient (Wildman–Crippen LogP) is 9.79. The smallest absolute Gasteiger partial charge is 0.0619 e. The van der Waals surface area contributed by atoms with Crippen molar-refractivity contribution in [2.75, 3.05) is 0 Å². The fourth-order valence-corrected chi connectivity index (χ4v) is 5.84. The lowest BCUT2D eigenvalue weighted by Gasteiger charge is -2.14. The second-order valence-electron chi connectivity index (χ2n) is 10.4. The van der Waals surface area contributed by atoms with Gasteiger partial charge in [-0.3, -0.25) is 0 Å². The monoisotopic (exact) mass is 545 g/mol. The molecule has 0 fully saturated rings. The molecule has 1 heterocycles. The summed E-state index contributed by atoms with van der Waals surface area (Å²) in [6, 6.07) is 32.7. The van der Waals surface area contributed by atoms with Crippen LogP contribution >= 0.6 is 0 Å². The molecule has 0 saturated carbocycles. The molecule has 42 heavy (non-hydrogen) atoms. The van der Waals surface area contributed by atoms with Crippen molar-refractivity contribution in [1.29, 1.82) is 0 Å². The van der Waals surface area contributed by atoms with Gasteiger partial charge in [0.15, 0.2) is 0 Å². The third-order valence-electron chi connectivity index (χ3n) is 7.86. The Morgan fingerprint density at radius 3 is 2.33 bits per heavy atom. The van der Waals surface area contributed by atoms with Crippen molar-refractivity contribution < 1.29 is 0 Å². The van der Waals surface area contributed by atoms with Crippen LogP contribution in [0.4, 0.5) is 0 Å². The summed E-state index contributed by atoms with van der Waals surface area (Å²) >= 11 is 0. The zero-order valence-corrected chi connectivity index (χ0v) is 24.1. The van der Waals surface area contributed by atoms with Crippen LogP contribution in [-0.4, -0.2) is 4.57 Å². The summed E-state index contributed by atoms with van der Waals surface area (Å²) in [6.45, 7) is 4.04. The fraction of sp³-hybridized carbons (Fsp3) is 0.0769. The van der Waals surface area contributed by atoms with Gasteiger partial charge in [0.25, 0.3) is 0 Å². The average molecular weight is 546 g/mol. The highest BCUT2D eigenvalue weighted by Gasteiger charge is 2.18. The molecule has 0 aliphatic heterocycles. The van der Waals surface area contributed by atoms with E-state index in [2.05, 4.69) is 120 Å². The van der Waals surface area contributed by atoms with Gasteiger partial charge in [-0.25, -0.2) is 0 Å². The van der Waals surface area contributed by atoms with Gasteiger partial charge in [-0.05, 0) is 72.0 Å². The maximum Gasteiger partial charge on any atom is 0.0619 e. The Bertz CT molecular complexity index is 2090. The number of nitrogens with zero attached hydrogens (tertiary/aromatic N) is 1. The van der Waals surface area contributed by atoms with Crippen molar-refractivity contribution >= 4 is 54.6 Å². The van der Waals surface area contributed by atoms with E-state index in [1.165, 1.54) is 32.4 Å². The number of hydrogen-bond acceptors (Lipinski definition) is 2. The largest absolute Gasteiger partial charge is 0.404 e. The molecule has 0 spiro atoms. The second-order valence-corrected chi connectivity index (χ2v) is 10.4. The number of nitrogens with two attached hydrogens (primary N) is 2. The van der Waals surface area contributed by atoms with Crippen molar-refractivity contribution in [3.05, 3.63) is 151 Å². The summed E-state index contributed by atoms with van der Waals surface area (Å²) in [4.78, 5) is 0. The second kappa shape index (κ2) is 11.7. The summed E-state index contributed by atoms with van der Waals surface area (Å²) in [5.41, 5.74) is 19.9. The molecule has 0 unspecified atom stereocenters. The number of benzene rings is 5. The lowest BCUT2D eigenvalue weighted by molar-refractivity contribution is 1.20. The van der Waals surface area contributed by atoms with Gasteiger partial charge in [0.05, 0.1) is 16.7 Å². The SMILES string of the molecule is C/C=C\C(=C/N)c1ccc2c3ccc4cc(/C(N)=C/C=C\C/C=C/C)ccc4c3n(-c3cccc4ccccc34)c2c1. The molecule has 0 aliphatic carbocycles. The zero-order chi connectivity index (χ0) is 29.1. The first-order chi connectivity index (χ1) is 20.6. The maximum atomic E-state index is 6.51. The number of rotatable bonds is 7. The van der Waals surface area contributed by atoms with Crippen LogP contribution in [0.3, 0.4) is 0 Å². The van der Waals surface area contributed by atoms with Gasteiger partial charge in [0, 0.05) is 33.4 Å². The minimum Gasteiger partial charge on any atom is -0.404 e. The number of aromatic nitrogens is 1. The van der Waals surface area contributed by atoms with Gasteiger partial charge in [-0.15, -0.1) is 0 Å². The van der Waals surface area contributed by atoms with Gasteiger partial charge in [-0.2, -0.15) is 0 Å². The van der Waals surface area contributed by atoms with Crippen LogP contribution in [-0.2, 0) is 0 Å². The number of fused-ring (bicyclic) bond motifs is 6. The van der Waals surface area contributed by atoms with E-state index < -0.39 is 0 Å². The molecule has 0 saturated heterocycles. The molecule has 0 bridgehead atoms. The van der Waals surface area contributed by atoms with E-state index >= 15 is 0 Å². The Balaban J connectivity index is 1.64. The van der Waals surface area contributed by atoms with E-state index in [-0.39, 0.29) is 0 Å². The minimum absolute atomic E-state index is 0.748. The topological polar surface area (TPSA) is 57.0 Å². The van der Waals surface area contributed by atoms with Gasteiger partial charge >= 0.3 is 0 Å². The summed E-state index contributed by atoms with van der Waals surface area (Å²) < 4.78 is 2.42. The Hall–Kier alpha value is -5.28. The van der Waals surface area contributed by atoms with E-state index in [9.17, 15) is 0 Å². The molecule has 6 rings (SSSR count). The lowest BCUT2D eigenvalue weighted by atomic mass is 10.0. The molecule has 0 atom stereocenters. The fourth-order valence-electron chi connectivity index (χ4n) is 5.84. The van der Waals surface area contributed by atoms with Crippen molar-refractivity contribution in [3.8, 4) is 5.69 Å². The highest BCUT2D eigenvalue weighted by Crippen LogP contribution is 2.39. The van der Waals surface area contributed by atoms with E-state index in [0.29, 0.717) is 0 Å². The highest BCUT2D eigenvalue weighted by molar-refractivity contribution is 6.19. The van der Waals surface area contributed by atoms with Crippen LogP contribution in [0.1, 0.15) is 31.4 Å². The van der Waals surface area contributed by atoms with Crippen LogP contribution in [0, 0.1) is 0 Å². The number of hydrogen-bond donors (Lipinski definition) is 2. The Kier molecular flexibility index (Phi) is 7.49. The molecule has 1 aromatic heterocycles. The summed E-state index contributed by atoms with van der Waals surface area (Å²) in [5.74, 6) is 0. The quantitative estimate of drug-likeness (QED) is 0.155. The Morgan fingerprint density at radius 1 is 0.714 bits per heavy atom. The highest BCUT2D eigenvalue weighted by atomic mass is 15.0. The molecule has 0 radical (unpaired) electrons. The van der Waals surface area contributed by atoms with Gasteiger partial charge in [0.2, 0.25) is 0 Å². The predicted molar refractivity (Wildman–Crippen MR) is 184 cm³/mol. The van der Waals surface area contributed by atoms with Crippen molar-refractivity contribution in [2.24, 2.45) is 11.5 Å². The molecular formula is C39H35N3. The first-order valence-corrected chi connectivity index (χ1v) is 14.4. The third kappa shape index (κ3) is 4.80. The molecule has 3 heteroatoms. The molecule has 6 aromatic rings. The van der Waals surface area contributed by atoms with Crippen molar-refractivity contribution in [2.45, 2.75) is 20.3 Å².